The first-order chi connectivity index (χ1) is 27.3. The van der Waals surface area contributed by atoms with Crippen LogP contribution in [0.3, 0.4) is 0 Å². The maximum atomic E-state index is 13.4. The summed E-state index contributed by atoms with van der Waals surface area (Å²) in [5.41, 5.74) is 8.08. The fourth-order valence-electron chi connectivity index (χ4n) is 9.93. The first-order valence-corrected chi connectivity index (χ1v) is 20.4. The number of anilines is 2. The van der Waals surface area contributed by atoms with Crippen LogP contribution in [0.4, 0.5) is 11.4 Å². The number of phenols is 1. The molecule has 5 aliphatic rings. The summed E-state index contributed by atoms with van der Waals surface area (Å²) in [4.78, 5) is 56.6. The number of hydrogen-bond acceptors (Lipinski definition) is 8. The Bertz CT molecular complexity index is 2150. The van der Waals surface area contributed by atoms with E-state index in [0.717, 1.165) is 81.8 Å². The van der Waals surface area contributed by atoms with Crippen molar-refractivity contribution in [1.82, 2.24) is 15.5 Å². The summed E-state index contributed by atoms with van der Waals surface area (Å²) in [6, 6.07) is 30.8. The van der Waals surface area contributed by atoms with Crippen LogP contribution >= 0.6 is 0 Å². The molecular formula is C46H49N5O5. The highest BCUT2D eigenvalue weighted by atomic mass is 16.3. The number of carbonyl (C=O) groups excluding carboxylic acids is 4. The summed E-state index contributed by atoms with van der Waals surface area (Å²) in [5, 5.41) is 16.4. The fraction of sp³-hybridized carbons (Fsp3) is 0.391. The first kappa shape index (κ1) is 36.2. The summed E-state index contributed by atoms with van der Waals surface area (Å²) in [6.07, 6.45) is 6.65. The topological polar surface area (TPSA) is 122 Å². The van der Waals surface area contributed by atoms with E-state index in [1.807, 2.05) is 18.2 Å². The van der Waals surface area contributed by atoms with Crippen LogP contribution in [0.25, 0.3) is 0 Å². The van der Waals surface area contributed by atoms with Gasteiger partial charge in [-0.25, -0.2) is 0 Å². The second-order valence-corrected chi connectivity index (χ2v) is 16.3. The van der Waals surface area contributed by atoms with Gasteiger partial charge < -0.3 is 20.2 Å². The number of nitrogens with zero attached hydrogens (tertiary/aromatic N) is 3. The number of nitrogens with one attached hydrogen (secondary N) is 2. The second kappa shape index (κ2) is 15.2. The molecule has 4 aliphatic heterocycles. The molecular weight excluding hydrogens is 703 g/mol. The highest BCUT2D eigenvalue weighted by molar-refractivity contribution is 6.23. The molecule has 3 N–H and O–H groups in total. The predicted octanol–water partition coefficient (Wildman–Crippen LogP) is 6.13. The lowest BCUT2D eigenvalue weighted by Crippen LogP contribution is -2.54. The van der Waals surface area contributed by atoms with Gasteiger partial charge in [0.2, 0.25) is 11.8 Å². The predicted molar refractivity (Wildman–Crippen MR) is 215 cm³/mol. The van der Waals surface area contributed by atoms with E-state index < -0.39 is 23.8 Å². The van der Waals surface area contributed by atoms with E-state index in [-0.39, 0.29) is 24.7 Å². The lowest BCUT2D eigenvalue weighted by molar-refractivity contribution is -0.136. The molecule has 0 aromatic heterocycles. The molecule has 4 amide bonds. The van der Waals surface area contributed by atoms with Crippen LogP contribution in [0.5, 0.6) is 5.75 Å². The van der Waals surface area contributed by atoms with E-state index in [4.69, 9.17) is 0 Å². The average Bonchev–Trinajstić information content (AvgIpc) is 3.48. The molecule has 4 aromatic rings. The minimum Gasteiger partial charge on any atom is -0.508 e. The summed E-state index contributed by atoms with van der Waals surface area (Å²) in [5.74, 6) is -0.346. The minimum absolute atomic E-state index is 0.102. The number of piperidine rings is 3. The Balaban J connectivity index is 0.794. The molecule has 2 unspecified atom stereocenters. The van der Waals surface area contributed by atoms with Crippen LogP contribution in [0.15, 0.2) is 91.0 Å². The first-order valence-electron chi connectivity index (χ1n) is 20.4. The zero-order valence-electron chi connectivity index (χ0n) is 31.7. The van der Waals surface area contributed by atoms with Gasteiger partial charge in [0.1, 0.15) is 11.8 Å². The third-order valence-corrected chi connectivity index (χ3v) is 13.0. The third kappa shape index (κ3) is 6.95. The number of imide groups is 2. The van der Waals surface area contributed by atoms with Crippen LogP contribution in [-0.2, 0) is 16.0 Å². The van der Waals surface area contributed by atoms with Crippen LogP contribution in [-0.4, -0.2) is 78.4 Å². The third-order valence-electron chi connectivity index (χ3n) is 13.0. The van der Waals surface area contributed by atoms with E-state index in [9.17, 15) is 24.3 Å². The Morgan fingerprint density at radius 2 is 1.46 bits per heavy atom. The molecule has 0 bridgehead atoms. The SMILES string of the molecule is O=C1CCC(N2C(=O)c3ccc(N4CCCC(NCC5CCN(c6ccc([C@@H]7c8ccc(O)cc8CC[C@@H]7c7ccccc7)cc6)CC5)C4)cc3C2=O)C(=O)N1. The van der Waals surface area contributed by atoms with Gasteiger partial charge in [-0.05, 0) is 128 Å². The van der Waals surface area contributed by atoms with E-state index in [0.29, 0.717) is 34.8 Å². The van der Waals surface area contributed by atoms with Gasteiger partial charge in [0.25, 0.3) is 11.8 Å². The van der Waals surface area contributed by atoms with Gasteiger partial charge in [-0.1, -0.05) is 48.5 Å². The lowest BCUT2D eigenvalue weighted by Gasteiger charge is -2.38. The molecule has 1 aliphatic carbocycles. The van der Waals surface area contributed by atoms with Gasteiger partial charge in [-0.15, -0.1) is 0 Å². The standard InChI is InChI=1S/C46H49N5O5/c52-36-14-17-38-32(25-36)10-15-37(30-5-2-1-3-6-30)43(38)31-8-11-34(12-9-31)49-23-20-29(21-24-49)27-47-33-7-4-22-50(28-33)35-13-16-39-40(26-35)46(56)51(45(39)55)41-18-19-42(53)48-44(41)54/h1-3,5-6,8-9,11-14,16-17,25-26,29,33,37,41,43,47,52H,4,7,10,15,18-24,27-28H2,(H,48,53,54)/t33?,37-,41?,43+/m1/s1. The van der Waals surface area contributed by atoms with Crippen molar-refractivity contribution in [2.24, 2.45) is 5.92 Å². The summed E-state index contributed by atoms with van der Waals surface area (Å²) < 4.78 is 0. The number of carbonyl (C=O) groups is 4. The summed E-state index contributed by atoms with van der Waals surface area (Å²) in [6.45, 7) is 4.72. The molecule has 3 fully saturated rings. The molecule has 288 valence electrons. The van der Waals surface area contributed by atoms with Crippen LogP contribution in [0.2, 0.25) is 0 Å². The number of benzene rings is 4. The van der Waals surface area contributed by atoms with Crippen molar-refractivity contribution >= 4 is 35.0 Å². The number of phenolic OH excluding ortho intramolecular Hbond substituents is 1. The van der Waals surface area contributed by atoms with Gasteiger partial charge in [0.05, 0.1) is 11.1 Å². The monoisotopic (exact) mass is 751 g/mol. The molecule has 9 rings (SSSR count). The maximum absolute atomic E-state index is 13.4. The van der Waals surface area contributed by atoms with Crippen molar-refractivity contribution in [3.05, 3.63) is 124 Å². The van der Waals surface area contributed by atoms with Crippen molar-refractivity contribution in [3.8, 4) is 5.75 Å². The summed E-state index contributed by atoms with van der Waals surface area (Å²) >= 11 is 0. The summed E-state index contributed by atoms with van der Waals surface area (Å²) in [7, 11) is 0. The van der Waals surface area contributed by atoms with Crippen LogP contribution < -0.4 is 20.4 Å². The maximum Gasteiger partial charge on any atom is 0.262 e. The second-order valence-electron chi connectivity index (χ2n) is 16.3. The van der Waals surface area contributed by atoms with E-state index in [1.54, 1.807) is 12.1 Å². The quantitative estimate of drug-likeness (QED) is 0.184. The molecule has 0 spiro atoms. The fourth-order valence-corrected chi connectivity index (χ4v) is 9.93. The Morgan fingerprint density at radius 1 is 0.696 bits per heavy atom. The zero-order valence-corrected chi connectivity index (χ0v) is 31.7. The Kier molecular flexibility index (Phi) is 9.83. The Labute approximate surface area is 327 Å². The highest BCUT2D eigenvalue weighted by Crippen LogP contribution is 2.47. The number of hydrogen-bond donors (Lipinski definition) is 3. The normalized spacial score (nSPS) is 24.2. The van der Waals surface area contributed by atoms with Crippen molar-refractivity contribution < 1.29 is 24.3 Å². The van der Waals surface area contributed by atoms with Gasteiger partial charge in [0.15, 0.2) is 0 Å². The van der Waals surface area contributed by atoms with E-state index in [1.165, 1.54) is 27.9 Å². The minimum atomic E-state index is -0.963. The van der Waals surface area contributed by atoms with Gasteiger partial charge >= 0.3 is 0 Å². The zero-order chi connectivity index (χ0) is 38.3. The molecule has 3 saturated heterocycles. The number of amides is 4. The van der Waals surface area contributed by atoms with E-state index in [2.05, 4.69) is 81.1 Å². The van der Waals surface area contributed by atoms with Crippen molar-refractivity contribution in [2.45, 2.75) is 75.3 Å². The molecule has 4 atom stereocenters. The molecule has 4 aromatic carbocycles. The van der Waals surface area contributed by atoms with Crippen molar-refractivity contribution in [2.75, 3.05) is 42.5 Å². The number of fused-ring (bicyclic) bond motifs is 2. The van der Waals surface area contributed by atoms with Crippen LogP contribution in [0, 0.1) is 5.92 Å². The molecule has 56 heavy (non-hydrogen) atoms. The average molecular weight is 752 g/mol. The number of aromatic hydroxyl groups is 1. The largest absolute Gasteiger partial charge is 0.508 e. The number of rotatable bonds is 8. The van der Waals surface area contributed by atoms with Gasteiger partial charge in [-0.2, -0.15) is 0 Å². The van der Waals surface area contributed by atoms with Gasteiger partial charge in [0, 0.05) is 55.9 Å². The molecule has 0 saturated carbocycles. The smallest absolute Gasteiger partial charge is 0.262 e. The van der Waals surface area contributed by atoms with Crippen LogP contribution in [0.1, 0.15) is 99.8 Å². The highest BCUT2D eigenvalue weighted by Gasteiger charge is 2.45. The van der Waals surface area contributed by atoms with Crippen molar-refractivity contribution in [3.63, 3.8) is 0 Å². The number of aryl methyl sites for hydroxylation is 1. The van der Waals surface area contributed by atoms with Crippen molar-refractivity contribution in [1.29, 1.82) is 0 Å². The molecule has 10 nitrogen and oxygen atoms in total. The van der Waals surface area contributed by atoms with Gasteiger partial charge in [-0.3, -0.25) is 29.4 Å². The Hall–Kier alpha value is -5.48. The molecule has 0 radical (unpaired) electrons. The molecule has 4 heterocycles. The molecule has 10 heteroatoms. The lowest BCUT2D eigenvalue weighted by atomic mass is 9.69. The van der Waals surface area contributed by atoms with E-state index >= 15 is 0 Å². The Morgan fingerprint density at radius 3 is 2.25 bits per heavy atom.